The van der Waals surface area contributed by atoms with Crippen molar-refractivity contribution < 1.29 is 9.47 Å². The molecule has 0 aromatic heterocycles. The van der Waals surface area contributed by atoms with Crippen molar-refractivity contribution in [2.75, 3.05) is 6.61 Å². The van der Waals surface area contributed by atoms with Crippen LogP contribution in [0.4, 0.5) is 0 Å². The summed E-state index contributed by atoms with van der Waals surface area (Å²) in [6.07, 6.45) is 0.664. The average molecular weight is 389 g/mol. The molecular formula is C27H32O2. The van der Waals surface area contributed by atoms with Crippen LogP contribution in [0.15, 0.2) is 78.9 Å². The molecule has 3 rings (SSSR count). The monoisotopic (exact) mass is 388 g/mol. The number of hydrogen-bond donors (Lipinski definition) is 0. The molecule has 0 N–H and O–H groups in total. The average Bonchev–Trinajstić information content (AvgIpc) is 2.71. The van der Waals surface area contributed by atoms with Crippen molar-refractivity contribution in [2.24, 2.45) is 5.92 Å². The number of hydrogen-bond acceptors (Lipinski definition) is 2. The van der Waals surface area contributed by atoms with Crippen molar-refractivity contribution in [3.8, 4) is 5.75 Å². The van der Waals surface area contributed by atoms with Crippen LogP contribution in [-0.4, -0.2) is 6.61 Å². The molecule has 0 heterocycles. The van der Waals surface area contributed by atoms with Crippen LogP contribution in [0.3, 0.4) is 0 Å². The zero-order valence-electron chi connectivity index (χ0n) is 18.0. The van der Waals surface area contributed by atoms with E-state index < -0.39 is 6.29 Å². The van der Waals surface area contributed by atoms with Gasteiger partial charge in [0.1, 0.15) is 5.75 Å². The van der Waals surface area contributed by atoms with Crippen LogP contribution in [0.25, 0.3) is 10.8 Å². The zero-order valence-corrected chi connectivity index (χ0v) is 18.0. The summed E-state index contributed by atoms with van der Waals surface area (Å²) in [6, 6.07) is 23.0. The second kappa shape index (κ2) is 9.76. The largest absolute Gasteiger partial charge is 0.461 e. The highest BCUT2D eigenvalue weighted by Gasteiger charge is 2.18. The third-order valence-electron chi connectivity index (χ3n) is 5.22. The van der Waals surface area contributed by atoms with Crippen molar-refractivity contribution in [1.29, 1.82) is 0 Å². The lowest BCUT2D eigenvalue weighted by Crippen LogP contribution is -2.12. The van der Waals surface area contributed by atoms with Crippen molar-refractivity contribution >= 4 is 10.8 Å². The summed E-state index contributed by atoms with van der Waals surface area (Å²) in [5.41, 5.74) is 3.54. The quantitative estimate of drug-likeness (QED) is 0.277. The summed E-state index contributed by atoms with van der Waals surface area (Å²) in [5.74, 6) is 1.82. The number of allylic oxidation sites excluding steroid dienone is 1. The van der Waals surface area contributed by atoms with Crippen LogP contribution in [0, 0.1) is 5.92 Å². The van der Waals surface area contributed by atoms with E-state index >= 15 is 0 Å². The first kappa shape index (κ1) is 21.1. The maximum absolute atomic E-state index is 6.28. The first-order valence-corrected chi connectivity index (χ1v) is 10.5. The molecule has 0 fully saturated rings. The van der Waals surface area contributed by atoms with Gasteiger partial charge in [0.2, 0.25) is 6.29 Å². The molecule has 0 spiro atoms. The fourth-order valence-corrected chi connectivity index (χ4v) is 3.79. The highest BCUT2D eigenvalue weighted by molar-refractivity contribution is 5.85. The van der Waals surface area contributed by atoms with Gasteiger partial charge in [-0.15, -0.1) is 0 Å². The molecule has 2 heteroatoms. The van der Waals surface area contributed by atoms with Gasteiger partial charge in [-0.05, 0) is 54.7 Å². The minimum Gasteiger partial charge on any atom is -0.461 e. The molecule has 0 bridgehead atoms. The smallest absolute Gasteiger partial charge is 0.227 e. The van der Waals surface area contributed by atoms with E-state index in [1.54, 1.807) is 0 Å². The Morgan fingerprint density at radius 3 is 2.28 bits per heavy atom. The van der Waals surface area contributed by atoms with Crippen molar-refractivity contribution in [3.63, 3.8) is 0 Å². The number of ether oxygens (including phenoxy) is 2. The number of rotatable bonds is 9. The Hall–Kier alpha value is -2.58. The normalized spacial score (nSPS) is 13.4. The Labute approximate surface area is 175 Å². The predicted molar refractivity (Wildman–Crippen MR) is 122 cm³/mol. The Balaban J connectivity index is 1.85. The van der Waals surface area contributed by atoms with Crippen LogP contribution in [0.5, 0.6) is 5.75 Å². The lowest BCUT2D eigenvalue weighted by molar-refractivity contribution is -0.0776. The van der Waals surface area contributed by atoms with Gasteiger partial charge in [0.25, 0.3) is 0 Å². The van der Waals surface area contributed by atoms with E-state index in [4.69, 9.17) is 9.47 Å². The van der Waals surface area contributed by atoms with Crippen LogP contribution >= 0.6 is 0 Å². The summed E-state index contributed by atoms with van der Waals surface area (Å²) >= 11 is 0. The Bertz CT molecular complexity index is 935. The van der Waals surface area contributed by atoms with Gasteiger partial charge in [-0.25, -0.2) is 0 Å². The van der Waals surface area contributed by atoms with Crippen molar-refractivity contribution in [1.82, 2.24) is 0 Å². The molecule has 2 nitrogen and oxygen atoms in total. The predicted octanol–water partition coefficient (Wildman–Crippen LogP) is 7.66. The number of benzene rings is 3. The third-order valence-corrected chi connectivity index (χ3v) is 5.22. The summed E-state index contributed by atoms with van der Waals surface area (Å²) < 4.78 is 12.3. The summed E-state index contributed by atoms with van der Waals surface area (Å²) in [5, 5.41) is 2.34. The molecule has 29 heavy (non-hydrogen) atoms. The fraction of sp³-hybridized carbons (Fsp3) is 0.333. The number of fused-ring (bicyclic) bond motifs is 1. The molecule has 0 amide bonds. The first-order valence-electron chi connectivity index (χ1n) is 10.5. The second-order valence-corrected chi connectivity index (χ2v) is 8.07. The molecule has 0 saturated heterocycles. The van der Waals surface area contributed by atoms with E-state index in [1.807, 2.05) is 19.1 Å². The van der Waals surface area contributed by atoms with Gasteiger partial charge in [-0.3, -0.25) is 0 Å². The van der Waals surface area contributed by atoms with Crippen LogP contribution in [-0.2, 0) is 4.74 Å². The summed E-state index contributed by atoms with van der Waals surface area (Å²) in [6.45, 7) is 13.4. The molecule has 2 unspecified atom stereocenters. The molecule has 3 aromatic rings. The second-order valence-electron chi connectivity index (χ2n) is 8.07. The van der Waals surface area contributed by atoms with Gasteiger partial charge in [0.05, 0.1) is 0 Å². The lowest BCUT2D eigenvalue weighted by atomic mass is 9.86. The highest BCUT2D eigenvalue weighted by atomic mass is 16.7. The maximum atomic E-state index is 6.28. The van der Waals surface area contributed by atoms with E-state index in [2.05, 4.69) is 81.9 Å². The Morgan fingerprint density at radius 1 is 0.931 bits per heavy atom. The fourth-order valence-electron chi connectivity index (χ4n) is 3.79. The van der Waals surface area contributed by atoms with Crippen LogP contribution < -0.4 is 4.74 Å². The van der Waals surface area contributed by atoms with E-state index in [0.717, 1.165) is 23.1 Å². The molecule has 3 aromatic carbocycles. The van der Waals surface area contributed by atoms with Gasteiger partial charge in [0.15, 0.2) is 0 Å². The third kappa shape index (κ3) is 5.27. The first-order chi connectivity index (χ1) is 14.0. The minimum absolute atomic E-state index is 0.379. The zero-order chi connectivity index (χ0) is 20.8. The van der Waals surface area contributed by atoms with E-state index in [1.165, 1.54) is 16.5 Å². The molecular weight excluding hydrogens is 356 g/mol. The lowest BCUT2D eigenvalue weighted by Gasteiger charge is -2.22. The maximum Gasteiger partial charge on any atom is 0.227 e. The molecule has 0 aliphatic carbocycles. The van der Waals surface area contributed by atoms with Gasteiger partial charge >= 0.3 is 0 Å². The standard InChI is InChI=1S/C27H32O2/c1-6-28-27(25-13-9-11-21-10-7-8-12-24(21)25)29-23-16-14-22(15-17-23)26(20(4)5)18-19(2)3/h7-17,19,26-27H,4,6,18H2,1-3,5H3. The van der Waals surface area contributed by atoms with Crippen LogP contribution in [0.2, 0.25) is 0 Å². The Kier molecular flexibility index (Phi) is 7.11. The van der Waals surface area contributed by atoms with E-state index in [-0.39, 0.29) is 0 Å². The topological polar surface area (TPSA) is 18.5 Å². The summed E-state index contributed by atoms with van der Waals surface area (Å²) in [7, 11) is 0. The van der Waals surface area contributed by atoms with Gasteiger partial charge < -0.3 is 9.47 Å². The van der Waals surface area contributed by atoms with Gasteiger partial charge in [-0.2, -0.15) is 0 Å². The molecule has 0 aliphatic heterocycles. The highest BCUT2D eigenvalue weighted by Crippen LogP contribution is 2.33. The van der Waals surface area contributed by atoms with E-state index in [0.29, 0.717) is 18.4 Å². The molecule has 0 saturated carbocycles. The SMILES string of the molecule is C=C(C)C(CC(C)C)c1ccc(OC(OCC)c2cccc3ccccc23)cc1. The molecule has 2 atom stereocenters. The summed E-state index contributed by atoms with van der Waals surface area (Å²) in [4.78, 5) is 0. The van der Waals surface area contributed by atoms with Crippen molar-refractivity contribution in [3.05, 3.63) is 90.0 Å². The molecule has 0 radical (unpaired) electrons. The van der Waals surface area contributed by atoms with Crippen molar-refractivity contribution in [2.45, 2.75) is 46.3 Å². The van der Waals surface area contributed by atoms with E-state index in [9.17, 15) is 0 Å². The van der Waals surface area contributed by atoms with Crippen LogP contribution in [0.1, 0.15) is 57.5 Å². The van der Waals surface area contributed by atoms with Gasteiger partial charge in [0, 0.05) is 18.1 Å². The van der Waals surface area contributed by atoms with Gasteiger partial charge in [-0.1, -0.05) is 80.6 Å². The molecule has 0 aliphatic rings. The Morgan fingerprint density at radius 2 is 1.62 bits per heavy atom. The minimum atomic E-state index is -0.440. The molecule has 152 valence electrons.